The summed E-state index contributed by atoms with van der Waals surface area (Å²) in [6.07, 6.45) is -18.1. The first-order valence-corrected chi connectivity index (χ1v) is 36.5. The Bertz CT molecular complexity index is 3610. The zero-order valence-corrected chi connectivity index (χ0v) is 57.6. The zero-order valence-electron chi connectivity index (χ0n) is 55.2. The van der Waals surface area contributed by atoms with Gasteiger partial charge in [-0.2, -0.15) is 25.3 Å². The number of methoxy groups -OCH3 is 3. The van der Waals surface area contributed by atoms with Crippen molar-refractivity contribution < 1.29 is 99.8 Å². The summed E-state index contributed by atoms with van der Waals surface area (Å²) in [5.74, 6) is 0. The number of aliphatic hydroxyl groups excluding tert-OH is 1. The molecule has 0 radical (unpaired) electrons. The van der Waals surface area contributed by atoms with Crippen LogP contribution in [-0.4, -0.2) is 170 Å². The molecule has 1 N–H and O–H groups in total. The molecule has 0 saturated carbocycles. The van der Waals surface area contributed by atoms with E-state index in [1.165, 1.54) is 57.7 Å². The van der Waals surface area contributed by atoms with Gasteiger partial charge in [-0.25, -0.2) is 0 Å². The predicted molar refractivity (Wildman–Crippen MR) is 351 cm³/mol. The zero-order chi connectivity index (χ0) is 68.2. The minimum absolute atomic E-state index is 0.00912. The van der Waals surface area contributed by atoms with Gasteiger partial charge >= 0.3 is 0 Å². The van der Waals surface area contributed by atoms with Crippen LogP contribution in [-0.2, 0) is 120 Å². The molecule has 15 atom stereocenters. The van der Waals surface area contributed by atoms with E-state index in [-0.39, 0.29) is 60.9 Å². The van der Waals surface area contributed by atoms with Crippen LogP contribution in [0.4, 0.5) is 0 Å². The van der Waals surface area contributed by atoms with Crippen molar-refractivity contribution in [3.05, 3.63) is 197 Å². The van der Waals surface area contributed by atoms with Crippen molar-refractivity contribution >= 4 is 30.4 Å². The molecule has 0 bridgehead atoms. The van der Waals surface area contributed by atoms with E-state index in [1.807, 2.05) is 97.9 Å². The standard InChI is InChI=1S/C71H90O22S3/c1-8-9-10-11-12-22-41-85-69-67(92-95(75,76)55-37-31-49(3)32-38-55)64(80-6)61(58(87-69)46-83-43-52-25-18-14-19-26-52)90-71-68(93-96(77,78)56-39-33-50(4)34-40-56)65(81-7)62(59(88-71)47-84-44-53-27-20-15-21-28-53)89-70-66(91-94(73,74)54-35-29-48(2)30-36-54)63(79-5)60(72)57(86-70)45-82-42-51-23-16-13-17-24-51/h13-21,23-40,57-72H,8-12,22,41-47H2,1-7H3/t57-,58-,59-,60-,61-,62-,63+,64+,65+,66+,67+,68+,69+,70-,71-/m1/s1. The van der Waals surface area contributed by atoms with Gasteiger partial charge in [-0.15, -0.1) is 0 Å². The number of hydrogen-bond donors (Lipinski definition) is 1. The lowest BCUT2D eigenvalue weighted by molar-refractivity contribution is -0.378. The number of aliphatic hydroxyl groups is 1. The molecule has 0 aliphatic carbocycles. The van der Waals surface area contributed by atoms with Gasteiger partial charge in [0, 0.05) is 27.9 Å². The summed E-state index contributed by atoms with van der Waals surface area (Å²) in [6, 6.07) is 45.7. The van der Waals surface area contributed by atoms with Crippen LogP contribution < -0.4 is 0 Å². The fraction of sp³-hybridized carbons (Fsp3) is 0.493. The maximum Gasteiger partial charge on any atom is 0.297 e. The van der Waals surface area contributed by atoms with E-state index < -0.39 is 122 Å². The SMILES string of the molecule is CCCCCCCCO[C@H]1O[C@H](COCc2ccccc2)[C@@H](O[C@H]2O[C@H](COCc3ccccc3)[C@@H](O[C@H]3O[C@H](COCc4ccccc4)[C@@H](O)[C@H](OC)[C@@H]3OS(=O)(=O)c3ccc(C)cc3)[C@H](OC)[C@@H]2OS(=O)(=O)c2ccc(C)cc2)[C@H](OC)[C@@H]1OS(=O)(=O)c1ccc(C)cc1. The first-order chi connectivity index (χ1) is 46.3. The second kappa shape index (κ2) is 36.0. The van der Waals surface area contributed by atoms with Crippen molar-refractivity contribution in [2.45, 2.75) is 193 Å². The molecule has 0 amide bonds. The minimum atomic E-state index is -4.87. The third-order valence-corrected chi connectivity index (χ3v) is 20.8. The molecule has 0 unspecified atom stereocenters. The van der Waals surface area contributed by atoms with Gasteiger partial charge in [0.05, 0.1) is 54.3 Å². The monoisotopic (exact) mass is 1390 g/mol. The maximum absolute atomic E-state index is 15.0. The van der Waals surface area contributed by atoms with Crippen molar-refractivity contribution in [2.75, 3.05) is 47.8 Å². The Hall–Kier alpha value is -5.47. The van der Waals surface area contributed by atoms with Crippen LogP contribution >= 0.6 is 0 Å². The molecule has 25 heteroatoms. The van der Waals surface area contributed by atoms with Gasteiger partial charge in [0.1, 0.15) is 54.9 Å². The highest BCUT2D eigenvalue weighted by atomic mass is 32.2. The van der Waals surface area contributed by atoms with E-state index in [0.717, 1.165) is 65.5 Å². The van der Waals surface area contributed by atoms with Gasteiger partial charge in [-0.1, -0.05) is 183 Å². The Morgan fingerprint density at radius 3 is 1.07 bits per heavy atom. The summed E-state index contributed by atoms with van der Waals surface area (Å²) in [5.41, 5.74) is 4.69. The molecular weight excluding hydrogens is 1300 g/mol. The number of hydrogen-bond acceptors (Lipinski definition) is 22. The Morgan fingerprint density at radius 2 is 0.698 bits per heavy atom. The smallest absolute Gasteiger partial charge is 0.297 e. The average molecular weight is 1390 g/mol. The van der Waals surface area contributed by atoms with Crippen molar-refractivity contribution in [1.82, 2.24) is 0 Å². The molecule has 22 nitrogen and oxygen atoms in total. The topological polar surface area (TPSA) is 261 Å². The highest BCUT2D eigenvalue weighted by Crippen LogP contribution is 2.40. The van der Waals surface area contributed by atoms with Gasteiger partial charge < -0.3 is 61.9 Å². The van der Waals surface area contributed by atoms with E-state index in [9.17, 15) is 21.9 Å². The molecule has 96 heavy (non-hydrogen) atoms. The van der Waals surface area contributed by atoms with Crippen LogP contribution in [0.25, 0.3) is 0 Å². The summed E-state index contributed by atoms with van der Waals surface area (Å²) in [6.45, 7) is 6.96. The lowest BCUT2D eigenvalue weighted by Gasteiger charge is -2.50. The summed E-state index contributed by atoms with van der Waals surface area (Å²) in [7, 11) is -10.4. The number of benzene rings is 6. The van der Waals surface area contributed by atoms with E-state index in [1.54, 1.807) is 50.2 Å². The Balaban J connectivity index is 1.14. The number of aryl methyl sites for hydroxylation is 3. The molecule has 3 saturated heterocycles. The number of unbranched alkanes of at least 4 members (excludes halogenated alkanes) is 5. The molecule has 3 heterocycles. The van der Waals surface area contributed by atoms with Crippen LogP contribution in [0.2, 0.25) is 0 Å². The Labute approximate surface area is 564 Å². The largest absolute Gasteiger partial charge is 0.387 e. The molecule has 6 aromatic rings. The lowest BCUT2D eigenvalue weighted by Crippen LogP contribution is -2.68. The quantitative estimate of drug-likeness (QED) is 0.0283. The van der Waals surface area contributed by atoms with Gasteiger partial charge in [0.25, 0.3) is 30.4 Å². The van der Waals surface area contributed by atoms with Crippen LogP contribution in [0, 0.1) is 20.8 Å². The molecule has 3 aliphatic heterocycles. The molecule has 3 aliphatic rings. The van der Waals surface area contributed by atoms with Crippen molar-refractivity contribution in [3.8, 4) is 0 Å². The number of ether oxygens (including phenoxy) is 12. The summed E-state index contributed by atoms with van der Waals surface area (Å²) >= 11 is 0. The normalized spacial score (nSPS) is 26.6. The first-order valence-electron chi connectivity index (χ1n) is 32.3. The van der Waals surface area contributed by atoms with Gasteiger partial charge in [-0.05, 0) is 80.3 Å². The summed E-state index contributed by atoms with van der Waals surface area (Å²) in [4.78, 5) is -0.666. The number of rotatable bonds is 36. The predicted octanol–water partition coefficient (Wildman–Crippen LogP) is 9.61. The van der Waals surface area contributed by atoms with Crippen LogP contribution in [0.3, 0.4) is 0 Å². The highest BCUT2D eigenvalue weighted by molar-refractivity contribution is 7.87. The van der Waals surface area contributed by atoms with Crippen LogP contribution in [0.15, 0.2) is 178 Å². The van der Waals surface area contributed by atoms with Crippen LogP contribution in [0.5, 0.6) is 0 Å². The van der Waals surface area contributed by atoms with Gasteiger partial charge in [0.15, 0.2) is 37.2 Å². The van der Waals surface area contributed by atoms with Gasteiger partial charge in [0.2, 0.25) is 0 Å². The summed E-state index contributed by atoms with van der Waals surface area (Å²) in [5, 5.41) is 12.1. The van der Waals surface area contributed by atoms with E-state index in [0.29, 0.717) is 6.42 Å². The van der Waals surface area contributed by atoms with Crippen molar-refractivity contribution in [1.29, 1.82) is 0 Å². The molecule has 9 rings (SSSR count). The fourth-order valence-electron chi connectivity index (χ4n) is 11.6. The lowest BCUT2D eigenvalue weighted by atomic mass is 9.95. The first kappa shape index (κ1) is 74.7. The molecular formula is C71H90O22S3. The van der Waals surface area contributed by atoms with Gasteiger partial charge in [-0.3, -0.25) is 12.5 Å². The molecule has 524 valence electrons. The molecule has 3 fully saturated rings. The fourth-order valence-corrected chi connectivity index (χ4v) is 14.8. The third kappa shape index (κ3) is 20.4. The van der Waals surface area contributed by atoms with E-state index in [4.69, 9.17) is 69.4 Å². The van der Waals surface area contributed by atoms with Crippen LogP contribution in [0.1, 0.15) is 78.8 Å². The second-order valence-electron chi connectivity index (χ2n) is 24.0. The second-order valence-corrected chi connectivity index (χ2v) is 28.8. The molecule has 0 spiro atoms. The molecule has 0 aromatic heterocycles. The van der Waals surface area contributed by atoms with Crippen molar-refractivity contribution in [3.63, 3.8) is 0 Å². The Morgan fingerprint density at radius 1 is 0.375 bits per heavy atom. The average Bonchev–Trinajstić information content (AvgIpc) is 0.765. The maximum atomic E-state index is 15.0. The molecule has 6 aromatic carbocycles. The van der Waals surface area contributed by atoms with E-state index >= 15 is 8.42 Å². The highest BCUT2D eigenvalue weighted by Gasteiger charge is 2.58. The van der Waals surface area contributed by atoms with E-state index in [2.05, 4.69) is 6.92 Å². The Kier molecular flexibility index (Phi) is 28.1. The summed E-state index contributed by atoms with van der Waals surface area (Å²) < 4.78 is 185. The minimum Gasteiger partial charge on any atom is -0.387 e. The van der Waals surface area contributed by atoms with Crippen molar-refractivity contribution in [2.24, 2.45) is 0 Å². The third-order valence-electron chi connectivity index (χ3n) is 16.8.